The second-order valence-corrected chi connectivity index (χ2v) is 4.09. The van der Waals surface area contributed by atoms with Crippen LogP contribution in [0.15, 0.2) is 6.07 Å². The van der Waals surface area contributed by atoms with Gasteiger partial charge in [0.15, 0.2) is 0 Å². The number of rotatable bonds is 4. The Labute approximate surface area is 97.9 Å². The molecular formula is C10H15N3O4. The maximum absolute atomic E-state index is 10.6. The SMILES string of the molecule is O=C(O)CN1CCn2nc([C@@H](O)CO)cc2C1. The van der Waals surface area contributed by atoms with Crippen molar-refractivity contribution in [2.45, 2.75) is 19.2 Å². The van der Waals surface area contributed by atoms with Crippen molar-refractivity contribution < 1.29 is 20.1 Å². The van der Waals surface area contributed by atoms with E-state index < -0.39 is 12.1 Å². The standard InChI is InChI=1S/C10H15N3O4/c14-6-9(15)8-3-7-4-12(5-10(16)17)1-2-13(7)11-8/h3,9,14-15H,1-2,4-6H2,(H,16,17)/t9-/m0/s1. The highest BCUT2D eigenvalue weighted by molar-refractivity contribution is 5.69. The van der Waals surface area contributed by atoms with Gasteiger partial charge in [0.25, 0.3) is 0 Å². The molecule has 1 aliphatic heterocycles. The molecule has 0 radical (unpaired) electrons. The Hall–Kier alpha value is -1.44. The van der Waals surface area contributed by atoms with Crippen molar-refractivity contribution >= 4 is 5.97 Å². The fraction of sp³-hybridized carbons (Fsp3) is 0.600. The van der Waals surface area contributed by atoms with Crippen molar-refractivity contribution in [3.05, 3.63) is 17.5 Å². The lowest BCUT2D eigenvalue weighted by atomic mass is 10.2. The van der Waals surface area contributed by atoms with Gasteiger partial charge in [0.05, 0.1) is 31.1 Å². The van der Waals surface area contributed by atoms with Crippen molar-refractivity contribution in [1.82, 2.24) is 14.7 Å². The van der Waals surface area contributed by atoms with Gasteiger partial charge in [0, 0.05) is 13.1 Å². The summed E-state index contributed by atoms with van der Waals surface area (Å²) in [5, 5.41) is 31.2. The number of aliphatic hydroxyl groups is 2. The monoisotopic (exact) mass is 241 g/mol. The van der Waals surface area contributed by atoms with E-state index in [2.05, 4.69) is 5.10 Å². The van der Waals surface area contributed by atoms with Gasteiger partial charge >= 0.3 is 5.97 Å². The maximum atomic E-state index is 10.6. The summed E-state index contributed by atoms with van der Waals surface area (Å²) in [5.41, 5.74) is 1.29. The Morgan fingerprint density at radius 1 is 1.53 bits per heavy atom. The minimum absolute atomic E-state index is 0.00304. The van der Waals surface area contributed by atoms with Crippen molar-refractivity contribution in [3.8, 4) is 0 Å². The predicted molar refractivity (Wildman–Crippen MR) is 57.2 cm³/mol. The highest BCUT2D eigenvalue weighted by Gasteiger charge is 2.21. The maximum Gasteiger partial charge on any atom is 0.317 e. The van der Waals surface area contributed by atoms with E-state index in [4.69, 9.17) is 10.2 Å². The largest absolute Gasteiger partial charge is 0.480 e. The van der Waals surface area contributed by atoms with Gasteiger partial charge < -0.3 is 15.3 Å². The van der Waals surface area contributed by atoms with E-state index in [1.807, 2.05) is 0 Å². The lowest BCUT2D eigenvalue weighted by Gasteiger charge is -2.25. The van der Waals surface area contributed by atoms with Crippen molar-refractivity contribution in [2.75, 3.05) is 19.7 Å². The molecule has 7 nitrogen and oxygen atoms in total. The summed E-state index contributed by atoms with van der Waals surface area (Å²) in [5.74, 6) is -0.853. The first-order valence-electron chi connectivity index (χ1n) is 5.40. The normalized spacial score (nSPS) is 17.8. The van der Waals surface area contributed by atoms with Crippen LogP contribution in [-0.2, 0) is 17.9 Å². The van der Waals surface area contributed by atoms with Crippen LogP contribution in [0.2, 0.25) is 0 Å². The Bertz CT molecular complexity index is 418. The number of hydrogen-bond acceptors (Lipinski definition) is 5. The number of carboxylic acid groups (broad SMARTS) is 1. The van der Waals surface area contributed by atoms with Gasteiger partial charge in [-0.2, -0.15) is 5.10 Å². The number of nitrogens with zero attached hydrogens (tertiary/aromatic N) is 3. The summed E-state index contributed by atoms with van der Waals surface area (Å²) in [6.07, 6.45) is -0.971. The van der Waals surface area contributed by atoms with Crippen LogP contribution in [0.25, 0.3) is 0 Å². The molecule has 2 heterocycles. The molecule has 1 aliphatic rings. The van der Waals surface area contributed by atoms with E-state index in [9.17, 15) is 9.90 Å². The zero-order valence-corrected chi connectivity index (χ0v) is 9.28. The first-order chi connectivity index (χ1) is 8.10. The molecule has 0 unspecified atom stereocenters. The van der Waals surface area contributed by atoms with Crippen LogP contribution in [0.3, 0.4) is 0 Å². The molecule has 0 spiro atoms. The van der Waals surface area contributed by atoms with E-state index in [1.165, 1.54) is 0 Å². The van der Waals surface area contributed by atoms with Crippen LogP contribution in [0.1, 0.15) is 17.5 Å². The highest BCUT2D eigenvalue weighted by Crippen LogP contribution is 2.17. The molecule has 17 heavy (non-hydrogen) atoms. The van der Waals surface area contributed by atoms with Gasteiger partial charge in [0.1, 0.15) is 6.10 Å². The molecule has 0 amide bonds. The molecule has 2 rings (SSSR count). The molecule has 7 heteroatoms. The quantitative estimate of drug-likeness (QED) is 0.613. The minimum Gasteiger partial charge on any atom is -0.480 e. The Morgan fingerprint density at radius 3 is 2.94 bits per heavy atom. The minimum atomic E-state index is -0.971. The number of aliphatic hydroxyl groups excluding tert-OH is 2. The molecule has 1 aromatic heterocycles. The van der Waals surface area contributed by atoms with Gasteiger partial charge in [-0.3, -0.25) is 14.4 Å². The van der Waals surface area contributed by atoms with Crippen LogP contribution in [0.4, 0.5) is 0 Å². The Morgan fingerprint density at radius 2 is 2.29 bits per heavy atom. The molecule has 0 fully saturated rings. The summed E-state index contributed by atoms with van der Waals surface area (Å²) in [6, 6.07) is 1.70. The number of carbonyl (C=O) groups is 1. The van der Waals surface area contributed by atoms with Gasteiger partial charge in [0.2, 0.25) is 0 Å². The molecule has 0 aliphatic carbocycles. The molecule has 3 N–H and O–H groups in total. The van der Waals surface area contributed by atoms with Crippen LogP contribution in [0.5, 0.6) is 0 Å². The van der Waals surface area contributed by atoms with Crippen molar-refractivity contribution in [2.24, 2.45) is 0 Å². The third-order valence-electron chi connectivity index (χ3n) is 2.77. The number of carboxylic acids is 1. The molecule has 94 valence electrons. The van der Waals surface area contributed by atoms with Gasteiger partial charge in [-0.15, -0.1) is 0 Å². The summed E-state index contributed by atoms with van der Waals surface area (Å²) in [4.78, 5) is 12.4. The van der Waals surface area contributed by atoms with Gasteiger partial charge in [-0.25, -0.2) is 0 Å². The molecular weight excluding hydrogens is 226 g/mol. The fourth-order valence-electron chi connectivity index (χ4n) is 1.93. The smallest absolute Gasteiger partial charge is 0.317 e. The van der Waals surface area contributed by atoms with Crippen molar-refractivity contribution in [1.29, 1.82) is 0 Å². The van der Waals surface area contributed by atoms with E-state index in [1.54, 1.807) is 15.6 Å². The molecule has 0 bridgehead atoms. The van der Waals surface area contributed by atoms with Gasteiger partial charge in [-0.1, -0.05) is 0 Å². The second-order valence-electron chi connectivity index (χ2n) is 4.09. The number of aromatic nitrogens is 2. The molecule has 1 atom stereocenters. The third-order valence-corrected chi connectivity index (χ3v) is 2.77. The highest BCUT2D eigenvalue weighted by atomic mass is 16.4. The average Bonchev–Trinajstić information content (AvgIpc) is 2.70. The van der Waals surface area contributed by atoms with E-state index >= 15 is 0 Å². The molecule has 0 saturated heterocycles. The van der Waals surface area contributed by atoms with Crippen molar-refractivity contribution in [3.63, 3.8) is 0 Å². The zero-order chi connectivity index (χ0) is 12.4. The number of fused-ring (bicyclic) bond motifs is 1. The first-order valence-corrected chi connectivity index (χ1v) is 5.40. The topological polar surface area (TPSA) is 98.8 Å². The Balaban J connectivity index is 2.10. The summed E-state index contributed by atoms with van der Waals surface area (Å²) >= 11 is 0. The lowest BCUT2D eigenvalue weighted by molar-refractivity contribution is -0.138. The zero-order valence-electron chi connectivity index (χ0n) is 9.28. The summed E-state index contributed by atoms with van der Waals surface area (Å²) < 4.78 is 1.74. The third kappa shape index (κ3) is 2.63. The molecule has 1 aromatic rings. The number of hydrogen-bond donors (Lipinski definition) is 3. The summed E-state index contributed by atoms with van der Waals surface area (Å²) in [7, 11) is 0. The van der Waals surface area contributed by atoms with Crippen LogP contribution >= 0.6 is 0 Å². The Kier molecular flexibility index (Phi) is 3.41. The van der Waals surface area contributed by atoms with Crippen LogP contribution in [0, 0.1) is 0 Å². The number of aliphatic carboxylic acids is 1. The predicted octanol–water partition coefficient (Wildman–Crippen LogP) is -1.19. The molecule has 0 aromatic carbocycles. The van der Waals surface area contributed by atoms with Crippen LogP contribution < -0.4 is 0 Å². The first kappa shape index (κ1) is 12.0. The average molecular weight is 241 g/mol. The van der Waals surface area contributed by atoms with E-state index in [-0.39, 0.29) is 13.2 Å². The van der Waals surface area contributed by atoms with Crippen LogP contribution in [-0.4, -0.2) is 55.7 Å². The second kappa shape index (κ2) is 4.82. The van der Waals surface area contributed by atoms with E-state index in [0.29, 0.717) is 25.3 Å². The lowest BCUT2D eigenvalue weighted by Crippen LogP contribution is -2.37. The summed E-state index contributed by atoms with van der Waals surface area (Å²) in [6.45, 7) is 1.35. The van der Waals surface area contributed by atoms with Gasteiger partial charge in [-0.05, 0) is 6.07 Å². The van der Waals surface area contributed by atoms with E-state index in [0.717, 1.165) is 5.69 Å². The fourth-order valence-corrected chi connectivity index (χ4v) is 1.93. The molecule has 0 saturated carbocycles.